The summed E-state index contributed by atoms with van der Waals surface area (Å²) < 4.78 is 24.9. The molecule has 1 aliphatic rings. The first-order valence-electron chi connectivity index (χ1n) is 15.2. The third kappa shape index (κ3) is 8.50. The lowest BCUT2D eigenvalue weighted by atomic mass is 10.2. The third-order valence-corrected chi connectivity index (χ3v) is 18.5. The SMILES string of the molecule is COCOC/C=C\C(CO[Si](c1ccccc1)(c1ccccc1)C(C)(C)C)N1CCC[C@H]1CO[Si](C)(C)C(C)(C)C. The average Bonchev–Trinajstić information content (AvgIpc) is 3.39. The van der Waals surface area contributed by atoms with Crippen LogP contribution in [0, 0.1) is 0 Å². The lowest BCUT2D eigenvalue weighted by Gasteiger charge is -2.44. The largest absolute Gasteiger partial charge is 0.415 e. The van der Waals surface area contributed by atoms with E-state index in [0.717, 1.165) is 19.6 Å². The Labute approximate surface area is 252 Å². The first-order valence-corrected chi connectivity index (χ1v) is 20.0. The number of rotatable bonds is 14. The van der Waals surface area contributed by atoms with Gasteiger partial charge in [-0.15, -0.1) is 0 Å². The van der Waals surface area contributed by atoms with Gasteiger partial charge in [0.05, 0.1) is 19.3 Å². The standard InChI is InChI=1S/C34H55NO4Si2/c1-33(2,3)40(8,9)38-26-29-18-16-24-35(29)30(19-17-25-37-28-36-7)27-39-41(34(4,5)6,31-20-12-10-13-21-31)32-22-14-11-15-23-32/h10-15,17,19-23,29-30H,16,18,24-28H2,1-9H3/b19-17-/t29-,30?/m0/s1. The summed E-state index contributed by atoms with van der Waals surface area (Å²) in [7, 11) is -2.84. The molecule has 228 valence electrons. The molecule has 0 N–H and O–H groups in total. The molecule has 1 unspecified atom stereocenters. The Morgan fingerprint density at radius 1 is 0.878 bits per heavy atom. The molecule has 0 bridgehead atoms. The van der Waals surface area contributed by atoms with Crippen LogP contribution >= 0.6 is 0 Å². The van der Waals surface area contributed by atoms with E-state index >= 15 is 0 Å². The van der Waals surface area contributed by atoms with E-state index in [-0.39, 0.29) is 16.1 Å². The summed E-state index contributed by atoms with van der Waals surface area (Å²) in [6.07, 6.45) is 6.74. The van der Waals surface area contributed by atoms with Gasteiger partial charge in [-0.2, -0.15) is 0 Å². The number of nitrogens with zero attached hydrogens (tertiary/aromatic N) is 1. The minimum atomic E-state index is -2.65. The molecule has 3 rings (SSSR count). The molecule has 2 aromatic rings. The Balaban J connectivity index is 1.94. The molecule has 0 saturated carbocycles. The molecule has 0 radical (unpaired) electrons. The number of ether oxygens (including phenoxy) is 2. The van der Waals surface area contributed by atoms with E-state index in [1.54, 1.807) is 7.11 Å². The number of hydrogen-bond acceptors (Lipinski definition) is 5. The van der Waals surface area contributed by atoms with Crippen LogP contribution in [0.5, 0.6) is 0 Å². The lowest BCUT2D eigenvalue weighted by molar-refractivity contribution is -0.0188. The molecule has 0 aliphatic carbocycles. The highest BCUT2D eigenvalue weighted by Gasteiger charge is 2.50. The quantitative estimate of drug-likeness (QED) is 0.106. The normalized spacial score (nSPS) is 18.3. The van der Waals surface area contributed by atoms with Crippen LogP contribution in [0.3, 0.4) is 0 Å². The molecular weight excluding hydrogens is 543 g/mol. The summed E-state index contributed by atoms with van der Waals surface area (Å²) in [6, 6.07) is 22.3. The number of methoxy groups -OCH3 is 1. The fraction of sp³-hybridized carbons (Fsp3) is 0.588. The number of benzene rings is 2. The van der Waals surface area contributed by atoms with Gasteiger partial charge in [-0.25, -0.2) is 0 Å². The van der Waals surface area contributed by atoms with Crippen molar-refractivity contribution in [3.8, 4) is 0 Å². The second-order valence-electron chi connectivity index (χ2n) is 13.9. The molecule has 2 aromatic carbocycles. The van der Waals surface area contributed by atoms with E-state index < -0.39 is 16.6 Å². The Morgan fingerprint density at radius 2 is 1.46 bits per heavy atom. The fourth-order valence-electron chi connectivity index (χ4n) is 5.64. The maximum Gasteiger partial charge on any atom is 0.261 e. The first kappa shape index (κ1) is 33.9. The van der Waals surface area contributed by atoms with Crippen molar-refractivity contribution in [2.45, 2.75) is 89.6 Å². The minimum absolute atomic E-state index is 0.0681. The molecular formula is C34H55NO4Si2. The Morgan fingerprint density at radius 3 is 1.98 bits per heavy atom. The summed E-state index contributed by atoms with van der Waals surface area (Å²) in [5.74, 6) is 0. The van der Waals surface area contributed by atoms with Crippen molar-refractivity contribution in [3.05, 3.63) is 72.8 Å². The molecule has 5 nitrogen and oxygen atoms in total. The van der Waals surface area contributed by atoms with E-state index in [1.807, 2.05) is 0 Å². The highest BCUT2D eigenvalue weighted by atomic mass is 28.4. The highest BCUT2D eigenvalue weighted by molar-refractivity contribution is 6.99. The van der Waals surface area contributed by atoms with Crippen molar-refractivity contribution in [1.29, 1.82) is 0 Å². The van der Waals surface area contributed by atoms with Crippen LogP contribution in [0.4, 0.5) is 0 Å². The van der Waals surface area contributed by atoms with Gasteiger partial charge in [-0.3, -0.25) is 4.90 Å². The van der Waals surface area contributed by atoms with Gasteiger partial charge in [0.2, 0.25) is 0 Å². The van der Waals surface area contributed by atoms with Crippen LogP contribution in [0.25, 0.3) is 0 Å². The molecule has 2 atom stereocenters. The van der Waals surface area contributed by atoms with E-state index in [1.165, 1.54) is 16.8 Å². The molecule has 1 aliphatic heterocycles. The van der Waals surface area contributed by atoms with E-state index in [9.17, 15) is 0 Å². The topological polar surface area (TPSA) is 40.2 Å². The van der Waals surface area contributed by atoms with Crippen molar-refractivity contribution >= 4 is 27.0 Å². The molecule has 7 heteroatoms. The highest BCUT2D eigenvalue weighted by Crippen LogP contribution is 2.38. The van der Waals surface area contributed by atoms with Crippen molar-refractivity contribution in [2.75, 3.05) is 40.3 Å². The minimum Gasteiger partial charge on any atom is -0.415 e. The van der Waals surface area contributed by atoms with Gasteiger partial charge in [0, 0.05) is 19.8 Å². The average molecular weight is 598 g/mol. The van der Waals surface area contributed by atoms with E-state index in [2.05, 4.69) is 132 Å². The van der Waals surface area contributed by atoms with Crippen LogP contribution in [-0.2, 0) is 18.3 Å². The zero-order valence-corrected chi connectivity index (χ0v) is 29.1. The zero-order valence-electron chi connectivity index (χ0n) is 27.1. The van der Waals surface area contributed by atoms with Crippen LogP contribution in [-0.4, -0.2) is 73.9 Å². The summed E-state index contributed by atoms with van der Waals surface area (Å²) in [5, 5.41) is 2.75. The molecule has 1 fully saturated rings. The summed E-state index contributed by atoms with van der Waals surface area (Å²) in [4.78, 5) is 2.62. The van der Waals surface area contributed by atoms with Crippen molar-refractivity contribution in [2.24, 2.45) is 0 Å². The van der Waals surface area contributed by atoms with Gasteiger partial charge in [-0.05, 0) is 52.9 Å². The van der Waals surface area contributed by atoms with Gasteiger partial charge in [0.25, 0.3) is 8.32 Å². The predicted octanol–water partition coefficient (Wildman–Crippen LogP) is 6.59. The summed E-state index contributed by atoms with van der Waals surface area (Å²) >= 11 is 0. The van der Waals surface area contributed by atoms with Crippen molar-refractivity contribution in [1.82, 2.24) is 4.90 Å². The first-order chi connectivity index (χ1) is 19.3. The van der Waals surface area contributed by atoms with Gasteiger partial charge >= 0.3 is 0 Å². The van der Waals surface area contributed by atoms with Crippen molar-refractivity contribution in [3.63, 3.8) is 0 Å². The Kier molecular flexibility index (Phi) is 12.2. The third-order valence-electron chi connectivity index (χ3n) is 8.95. The van der Waals surface area contributed by atoms with Gasteiger partial charge < -0.3 is 18.3 Å². The Hall–Kier alpha value is -1.59. The van der Waals surface area contributed by atoms with Gasteiger partial charge in [0.15, 0.2) is 8.32 Å². The predicted molar refractivity (Wildman–Crippen MR) is 177 cm³/mol. The van der Waals surface area contributed by atoms with Crippen molar-refractivity contribution < 1.29 is 18.3 Å². The maximum absolute atomic E-state index is 7.42. The molecule has 0 aromatic heterocycles. The molecule has 0 spiro atoms. The van der Waals surface area contributed by atoms with Crippen LogP contribution in [0.15, 0.2) is 72.8 Å². The molecule has 1 saturated heterocycles. The van der Waals surface area contributed by atoms with E-state index in [4.69, 9.17) is 18.3 Å². The monoisotopic (exact) mass is 597 g/mol. The van der Waals surface area contributed by atoms with Crippen LogP contribution in [0.1, 0.15) is 54.4 Å². The van der Waals surface area contributed by atoms with Crippen LogP contribution in [0.2, 0.25) is 23.2 Å². The fourth-order valence-corrected chi connectivity index (χ4v) is 11.3. The lowest BCUT2D eigenvalue weighted by Crippen LogP contribution is -2.67. The zero-order chi connectivity index (χ0) is 30.2. The molecule has 1 heterocycles. The van der Waals surface area contributed by atoms with E-state index in [0.29, 0.717) is 26.0 Å². The maximum atomic E-state index is 7.42. The van der Waals surface area contributed by atoms with Gasteiger partial charge in [0.1, 0.15) is 6.79 Å². The molecule has 41 heavy (non-hydrogen) atoms. The van der Waals surface area contributed by atoms with Gasteiger partial charge in [-0.1, -0.05) is 114 Å². The second-order valence-corrected chi connectivity index (χ2v) is 23.0. The number of likely N-dealkylation sites (tertiary alicyclic amines) is 1. The second kappa shape index (κ2) is 14.7. The summed E-state index contributed by atoms with van der Waals surface area (Å²) in [6.45, 7) is 21.9. The smallest absolute Gasteiger partial charge is 0.261 e. The Bertz CT molecular complexity index is 1020. The molecule has 0 amide bonds. The number of hydrogen-bond donors (Lipinski definition) is 0. The van der Waals surface area contributed by atoms with Crippen LogP contribution < -0.4 is 10.4 Å². The summed E-state index contributed by atoms with van der Waals surface area (Å²) in [5.41, 5.74) is 0.